The Morgan fingerprint density at radius 1 is 1.19 bits per heavy atom. The number of aromatic amines is 1. The van der Waals surface area contributed by atoms with Crippen LogP contribution < -0.4 is 5.32 Å². The van der Waals surface area contributed by atoms with Crippen molar-refractivity contribution >= 4 is 17.2 Å². The molecule has 0 unspecified atom stereocenters. The quantitative estimate of drug-likeness (QED) is 0.760. The van der Waals surface area contributed by atoms with Crippen molar-refractivity contribution in [3.63, 3.8) is 0 Å². The Bertz CT molecular complexity index is 704. The van der Waals surface area contributed by atoms with Crippen LogP contribution in [0.2, 0.25) is 0 Å². The van der Waals surface area contributed by atoms with E-state index in [1.165, 1.54) is 0 Å². The lowest BCUT2D eigenvalue weighted by Crippen LogP contribution is -2.25. The zero-order chi connectivity index (χ0) is 14.5. The molecule has 106 valence electrons. The van der Waals surface area contributed by atoms with Gasteiger partial charge in [-0.2, -0.15) is 0 Å². The van der Waals surface area contributed by atoms with E-state index in [2.05, 4.69) is 20.7 Å². The van der Waals surface area contributed by atoms with Crippen molar-refractivity contribution in [1.82, 2.24) is 15.3 Å². The fourth-order valence-corrected chi connectivity index (χ4v) is 2.82. The molecule has 0 spiro atoms. The number of hydrogen-bond acceptors (Lipinski definition) is 3. The molecule has 0 aliphatic carbocycles. The zero-order valence-electron chi connectivity index (χ0n) is 11.4. The first-order chi connectivity index (χ1) is 10.3. The molecule has 0 radical (unpaired) electrons. The van der Waals surface area contributed by atoms with E-state index < -0.39 is 0 Å². The number of hydrogen-bond donors (Lipinski definition) is 2. The van der Waals surface area contributed by atoms with Gasteiger partial charge in [0.25, 0.3) is 5.91 Å². The monoisotopic (exact) mass is 297 g/mol. The molecule has 0 saturated heterocycles. The molecule has 2 N–H and O–H groups in total. The van der Waals surface area contributed by atoms with Gasteiger partial charge in [0.2, 0.25) is 0 Å². The van der Waals surface area contributed by atoms with E-state index in [4.69, 9.17) is 0 Å². The molecule has 5 heteroatoms. The van der Waals surface area contributed by atoms with E-state index in [-0.39, 0.29) is 5.91 Å². The lowest BCUT2D eigenvalue weighted by molar-refractivity contribution is 0.0950. The Morgan fingerprint density at radius 3 is 2.81 bits per heavy atom. The minimum atomic E-state index is -0.0835. The predicted molar refractivity (Wildman–Crippen MR) is 84.4 cm³/mol. The highest BCUT2D eigenvalue weighted by atomic mass is 32.1. The largest absolute Gasteiger partial charge is 0.357 e. The number of thiazole rings is 1. The molecule has 0 bridgehead atoms. The topological polar surface area (TPSA) is 57.8 Å². The van der Waals surface area contributed by atoms with Gasteiger partial charge in [-0.05, 0) is 12.1 Å². The Balaban J connectivity index is 1.55. The average Bonchev–Trinajstić information content (AvgIpc) is 3.20. The molecular weight excluding hydrogens is 282 g/mol. The van der Waals surface area contributed by atoms with E-state index in [9.17, 15) is 4.79 Å². The Hall–Kier alpha value is -2.40. The number of amides is 1. The fourth-order valence-electron chi connectivity index (χ4n) is 2.02. The van der Waals surface area contributed by atoms with Gasteiger partial charge in [-0.15, -0.1) is 11.3 Å². The van der Waals surface area contributed by atoms with Crippen LogP contribution >= 0.6 is 11.3 Å². The maximum Gasteiger partial charge on any atom is 0.267 e. The summed E-state index contributed by atoms with van der Waals surface area (Å²) < 4.78 is 0. The number of nitrogens with one attached hydrogen (secondary N) is 2. The van der Waals surface area contributed by atoms with Crippen LogP contribution in [0.15, 0.2) is 54.0 Å². The molecule has 0 aliphatic rings. The number of nitrogens with zero attached hydrogens (tertiary/aromatic N) is 1. The number of H-pyrrole nitrogens is 1. The third-order valence-electron chi connectivity index (χ3n) is 3.09. The Labute approximate surface area is 126 Å². The van der Waals surface area contributed by atoms with E-state index >= 15 is 0 Å². The molecule has 3 aromatic rings. The van der Waals surface area contributed by atoms with Gasteiger partial charge in [-0.3, -0.25) is 4.79 Å². The third-order valence-corrected chi connectivity index (χ3v) is 4.00. The van der Waals surface area contributed by atoms with Gasteiger partial charge in [0.15, 0.2) is 0 Å². The summed E-state index contributed by atoms with van der Waals surface area (Å²) in [6.45, 7) is 0.583. The summed E-state index contributed by atoms with van der Waals surface area (Å²) in [5.41, 5.74) is 2.70. The first kappa shape index (κ1) is 13.6. The molecule has 1 amide bonds. The smallest absolute Gasteiger partial charge is 0.267 e. The molecule has 21 heavy (non-hydrogen) atoms. The number of aromatic nitrogens is 2. The minimum absolute atomic E-state index is 0.0835. The van der Waals surface area contributed by atoms with Crippen LogP contribution in [0.25, 0.3) is 11.3 Å². The second kappa shape index (κ2) is 6.37. The second-order valence-corrected chi connectivity index (χ2v) is 5.52. The number of carbonyl (C=O) groups excluding carboxylic acids is 1. The molecule has 0 aliphatic heterocycles. The zero-order valence-corrected chi connectivity index (χ0v) is 12.2. The minimum Gasteiger partial charge on any atom is -0.357 e. The van der Waals surface area contributed by atoms with Gasteiger partial charge in [0, 0.05) is 30.1 Å². The number of benzene rings is 1. The van der Waals surface area contributed by atoms with Crippen LogP contribution in [0.5, 0.6) is 0 Å². The van der Waals surface area contributed by atoms with Gasteiger partial charge in [0.1, 0.15) is 5.69 Å². The van der Waals surface area contributed by atoms with Crippen molar-refractivity contribution in [3.8, 4) is 11.3 Å². The molecule has 2 aromatic heterocycles. The molecule has 0 fully saturated rings. The van der Waals surface area contributed by atoms with Crippen molar-refractivity contribution in [2.75, 3.05) is 6.54 Å². The van der Waals surface area contributed by atoms with Crippen LogP contribution in [0, 0.1) is 0 Å². The number of rotatable bonds is 5. The lowest BCUT2D eigenvalue weighted by atomic mass is 10.2. The molecule has 1 aromatic carbocycles. The highest BCUT2D eigenvalue weighted by Gasteiger charge is 2.07. The van der Waals surface area contributed by atoms with E-state index in [0.717, 1.165) is 22.7 Å². The maximum atomic E-state index is 11.8. The Morgan fingerprint density at radius 2 is 2.05 bits per heavy atom. The van der Waals surface area contributed by atoms with Crippen molar-refractivity contribution < 1.29 is 4.79 Å². The van der Waals surface area contributed by atoms with Gasteiger partial charge in [-0.1, -0.05) is 30.3 Å². The van der Waals surface area contributed by atoms with Crippen molar-refractivity contribution in [1.29, 1.82) is 0 Å². The summed E-state index contributed by atoms with van der Waals surface area (Å²) >= 11 is 1.62. The average molecular weight is 297 g/mol. The standard InChI is InChI=1S/C16H15N3OS/c20-16(13-7-4-9-17-13)18-10-8-15-19-14(11-21-15)12-5-2-1-3-6-12/h1-7,9,11,17H,8,10H2,(H,18,20). The highest BCUT2D eigenvalue weighted by molar-refractivity contribution is 7.09. The summed E-state index contributed by atoms with van der Waals surface area (Å²) in [6, 6.07) is 13.7. The third kappa shape index (κ3) is 3.38. The first-order valence-electron chi connectivity index (χ1n) is 6.74. The van der Waals surface area contributed by atoms with Crippen molar-refractivity contribution in [3.05, 3.63) is 64.7 Å². The van der Waals surface area contributed by atoms with Crippen LogP contribution in [0.1, 0.15) is 15.5 Å². The number of carbonyl (C=O) groups is 1. The lowest BCUT2D eigenvalue weighted by Gasteiger charge is -2.01. The summed E-state index contributed by atoms with van der Waals surface area (Å²) in [5.74, 6) is -0.0835. The maximum absolute atomic E-state index is 11.8. The van der Waals surface area contributed by atoms with Crippen LogP contribution in [-0.4, -0.2) is 22.4 Å². The van der Waals surface area contributed by atoms with Gasteiger partial charge in [0.05, 0.1) is 10.7 Å². The SMILES string of the molecule is O=C(NCCc1nc(-c2ccccc2)cs1)c1ccc[nH]1. The molecule has 2 heterocycles. The van der Waals surface area contributed by atoms with E-state index in [1.807, 2.05) is 36.4 Å². The van der Waals surface area contributed by atoms with Crippen LogP contribution in [0.3, 0.4) is 0 Å². The van der Waals surface area contributed by atoms with Crippen molar-refractivity contribution in [2.24, 2.45) is 0 Å². The van der Waals surface area contributed by atoms with E-state index in [1.54, 1.807) is 23.6 Å². The molecule has 4 nitrogen and oxygen atoms in total. The first-order valence-corrected chi connectivity index (χ1v) is 7.62. The van der Waals surface area contributed by atoms with Crippen LogP contribution in [-0.2, 0) is 6.42 Å². The molecular formula is C16H15N3OS. The summed E-state index contributed by atoms with van der Waals surface area (Å²) in [5, 5.41) is 5.96. The Kier molecular flexibility index (Phi) is 4.12. The molecule has 3 rings (SSSR count). The normalized spacial score (nSPS) is 10.5. The fraction of sp³-hybridized carbons (Fsp3) is 0.125. The van der Waals surface area contributed by atoms with E-state index in [0.29, 0.717) is 12.2 Å². The highest BCUT2D eigenvalue weighted by Crippen LogP contribution is 2.21. The van der Waals surface area contributed by atoms with Gasteiger partial charge < -0.3 is 10.3 Å². The second-order valence-electron chi connectivity index (χ2n) is 4.58. The molecule has 0 atom stereocenters. The summed E-state index contributed by atoms with van der Waals surface area (Å²) in [6.07, 6.45) is 2.48. The molecule has 0 saturated carbocycles. The summed E-state index contributed by atoms with van der Waals surface area (Å²) in [4.78, 5) is 19.2. The van der Waals surface area contributed by atoms with Gasteiger partial charge in [-0.25, -0.2) is 4.98 Å². The summed E-state index contributed by atoms with van der Waals surface area (Å²) in [7, 11) is 0. The van der Waals surface area contributed by atoms with Gasteiger partial charge >= 0.3 is 0 Å². The van der Waals surface area contributed by atoms with Crippen LogP contribution in [0.4, 0.5) is 0 Å². The van der Waals surface area contributed by atoms with Crippen molar-refractivity contribution in [2.45, 2.75) is 6.42 Å². The predicted octanol–water partition coefficient (Wildman–Crippen LogP) is 3.11.